The predicted molar refractivity (Wildman–Crippen MR) is 67.2 cm³/mol. The van der Waals surface area contributed by atoms with Crippen molar-refractivity contribution in [3.8, 4) is 0 Å². The van der Waals surface area contributed by atoms with Gasteiger partial charge in [-0.1, -0.05) is 11.3 Å². The number of thioether (sulfide) groups is 1. The maximum atomic E-state index is 10.9. The molecule has 8 heteroatoms. The number of nitrogens with zero attached hydrogens (tertiary/aromatic N) is 1. The molecule has 1 atom stereocenters. The number of amides is 1. The van der Waals surface area contributed by atoms with Gasteiger partial charge >= 0.3 is 5.97 Å². The Morgan fingerprint density at radius 2 is 2.29 bits per heavy atom. The van der Waals surface area contributed by atoms with Crippen LogP contribution in [0.3, 0.4) is 0 Å². The van der Waals surface area contributed by atoms with Gasteiger partial charge in [-0.2, -0.15) is 0 Å². The quantitative estimate of drug-likeness (QED) is 0.684. The van der Waals surface area contributed by atoms with Gasteiger partial charge in [-0.3, -0.25) is 4.79 Å². The second-order valence-corrected chi connectivity index (χ2v) is 5.65. The molecule has 17 heavy (non-hydrogen) atoms. The van der Waals surface area contributed by atoms with Crippen molar-refractivity contribution in [1.82, 2.24) is 10.3 Å². The van der Waals surface area contributed by atoms with Gasteiger partial charge in [0, 0.05) is 12.7 Å². The molecule has 0 fully saturated rings. The number of aryl methyl sites for hydroxylation is 1. The monoisotopic (exact) mass is 275 g/mol. The van der Waals surface area contributed by atoms with Crippen LogP contribution >= 0.6 is 23.1 Å². The number of hydrogen-bond donors (Lipinski definition) is 3. The number of aromatic nitrogens is 1. The van der Waals surface area contributed by atoms with Gasteiger partial charge in [0.25, 0.3) is 0 Å². The molecule has 0 bridgehead atoms. The summed E-state index contributed by atoms with van der Waals surface area (Å²) in [6.45, 7) is 3.10. The van der Waals surface area contributed by atoms with Gasteiger partial charge in [0.1, 0.15) is 6.04 Å². The lowest BCUT2D eigenvalue weighted by Gasteiger charge is -2.11. The van der Waals surface area contributed by atoms with Gasteiger partial charge < -0.3 is 16.2 Å². The van der Waals surface area contributed by atoms with E-state index in [1.807, 2.05) is 6.92 Å². The Kier molecular flexibility index (Phi) is 4.76. The van der Waals surface area contributed by atoms with E-state index in [-0.39, 0.29) is 11.7 Å². The van der Waals surface area contributed by atoms with Gasteiger partial charge in [-0.05, 0) is 6.92 Å². The highest BCUT2D eigenvalue weighted by atomic mass is 32.2. The van der Waals surface area contributed by atoms with E-state index in [4.69, 9.17) is 10.8 Å². The molecule has 94 valence electrons. The maximum absolute atomic E-state index is 10.9. The number of nitrogens with two attached hydrogens (primary N) is 1. The second-order valence-electron chi connectivity index (χ2n) is 3.33. The van der Waals surface area contributed by atoms with E-state index in [9.17, 15) is 9.59 Å². The molecule has 4 N–H and O–H groups in total. The summed E-state index contributed by atoms with van der Waals surface area (Å²) in [5.41, 5.74) is 6.32. The van der Waals surface area contributed by atoms with Crippen LogP contribution in [0.15, 0.2) is 4.21 Å². The average Bonchev–Trinajstić information content (AvgIpc) is 2.51. The summed E-state index contributed by atoms with van der Waals surface area (Å²) in [6.07, 6.45) is 0. The number of anilines is 1. The first-order valence-electron chi connectivity index (χ1n) is 4.75. The Morgan fingerprint density at radius 3 is 2.71 bits per heavy atom. The van der Waals surface area contributed by atoms with E-state index in [0.29, 0.717) is 5.13 Å². The number of hydrogen-bond acceptors (Lipinski definition) is 6. The normalized spacial score (nSPS) is 12.1. The number of rotatable bonds is 5. The topological polar surface area (TPSA) is 105 Å². The van der Waals surface area contributed by atoms with Crippen LogP contribution in [0, 0.1) is 6.92 Å². The number of thiazole rings is 1. The van der Waals surface area contributed by atoms with Crippen LogP contribution in [0.1, 0.15) is 12.6 Å². The third-order valence-corrected chi connectivity index (χ3v) is 4.27. The molecule has 0 radical (unpaired) electrons. The van der Waals surface area contributed by atoms with Crippen molar-refractivity contribution in [3.05, 3.63) is 5.69 Å². The van der Waals surface area contributed by atoms with Crippen LogP contribution in [-0.4, -0.2) is 33.8 Å². The van der Waals surface area contributed by atoms with Crippen LogP contribution < -0.4 is 11.1 Å². The molecule has 6 nitrogen and oxygen atoms in total. The van der Waals surface area contributed by atoms with Crippen molar-refractivity contribution in [2.75, 3.05) is 11.5 Å². The van der Waals surface area contributed by atoms with Crippen LogP contribution in [0.25, 0.3) is 0 Å². The van der Waals surface area contributed by atoms with Gasteiger partial charge in [0.15, 0.2) is 5.13 Å². The third-order valence-electron chi connectivity index (χ3n) is 1.83. The van der Waals surface area contributed by atoms with E-state index in [0.717, 1.165) is 9.90 Å². The van der Waals surface area contributed by atoms with Crippen molar-refractivity contribution in [2.24, 2.45) is 0 Å². The fraction of sp³-hybridized carbons (Fsp3) is 0.444. The molecule has 0 spiro atoms. The zero-order valence-electron chi connectivity index (χ0n) is 9.39. The molecule has 1 aromatic heterocycles. The molecule has 0 aliphatic rings. The third kappa shape index (κ3) is 4.23. The Labute approximate surface area is 107 Å². The van der Waals surface area contributed by atoms with E-state index >= 15 is 0 Å². The van der Waals surface area contributed by atoms with Crippen molar-refractivity contribution in [2.45, 2.75) is 24.1 Å². The number of nitrogen functional groups attached to an aromatic ring is 1. The fourth-order valence-corrected chi connectivity index (χ4v) is 3.18. The standard InChI is InChI=1S/C9H13N3O3S2/c1-4-8(17-9(10)11-4)16-3-6(7(14)15)12-5(2)13/h6H,3H2,1-2H3,(H2,10,11)(H,12,13)(H,14,15). The number of nitrogens with one attached hydrogen (secondary N) is 1. The van der Waals surface area contributed by atoms with Gasteiger partial charge in [-0.25, -0.2) is 9.78 Å². The van der Waals surface area contributed by atoms with Gasteiger partial charge in [0.05, 0.1) is 9.90 Å². The first kappa shape index (κ1) is 13.8. The molecule has 0 aromatic carbocycles. The number of aliphatic carboxylic acids is 1. The molecule has 1 unspecified atom stereocenters. The minimum atomic E-state index is -1.05. The minimum absolute atomic E-state index is 0.247. The molecule has 0 aliphatic heterocycles. The van der Waals surface area contributed by atoms with E-state index in [1.54, 1.807) is 0 Å². The zero-order valence-corrected chi connectivity index (χ0v) is 11.0. The summed E-state index contributed by atoms with van der Waals surface area (Å²) in [6, 6.07) is -0.903. The Bertz CT molecular complexity index is 433. The van der Waals surface area contributed by atoms with Gasteiger partial charge in [-0.15, -0.1) is 11.8 Å². The molecule has 1 aromatic rings. The number of carbonyl (C=O) groups is 2. The average molecular weight is 275 g/mol. The number of carboxylic acids is 1. The van der Waals surface area contributed by atoms with Crippen molar-refractivity contribution in [3.63, 3.8) is 0 Å². The second kappa shape index (κ2) is 5.87. The SMILES string of the molecule is CC(=O)NC(CSc1sc(N)nc1C)C(=O)O. The molecule has 1 heterocycles. The summed E-state index contributed by atoms with van der Waals surface area (Å²) in [5.74, 6) is -1.17. The molecule has 1 amide bonds. The highest BCUT2D eigenvalue weighted by Crippen LogP contribution is 2.30. The van der Waals surface area contributed by atoms with Crippen molar-refractivity contribution >= 4 is 40.1 Å². The van der Waals surface area contributed by atoms with Crippen LogP contribution in [0.5, 0.6) is 0 Å². The summed E-state index contributed by atoms with van der Waals surface area (Å²) in [4.78, 5) is 25.7. The van der Waals surface area contributed by atoms with Crippen LogP contribution in [-0.2, 0) is 9.59 Å². The minimum Gasteiger partial charge on any atom is -0.480 e. The zero-order chi connectivity index (χ0) is 13.0. The van der Waals surface area contributed by atoms with E-state index in [2.05, 4.69) is 10.3 Å². The highest BCUT2D eigenvalue weighted by Gasteiger charge is 2.19. The largest absolute Gasteiger partial charge is 0.480 e. The van der Waals surface area contributed by atoms with Crippen molar-refractivity contribution in [1.29, 1.82) is 0 Å². The first-order valence-corrected chi connectivity index (χ1v) is 6.56. The Morgan fingerprint density at radius 1 is 1.65 bits per heavy atom. The lowest BCUT2D eigenvalue weighted by molar-refractivity contribution is -0.140. The lowest BCUT2D eigenvalue weighted by atomic mass is 10.3. The first-order chi connectivity index (χ1) is 7.90. The molecule has 0 aliphatic carbocycles. The fourth-order valence-electron chi connectivity index (χ4n) is 1.12. The lowest BCUT2D eigenvalue weighted by Crippen LogP contribution is -2.41. The molecule has 0 saturated heterocycles. The highest BCUT2D eigenvalue weighted by molar-refractivity contribution is 8.01. The summed E-state index contributed by atoms with van der Waals surface area (Å²) < 4.78 is 0.874. The Hall–Kier alpha value is -1.28. The maximum Gasteiger partial charge on any atom is 0.327 e. The molecular weight excluding hydrogens is 262 g/mol. The van der Waals surface area contributed by atoms with Crippen LogP contribution in [0.2, 0.25) is 0 Å². The van der Waals surface area contributed by atoms with E-state index in [1.165, 1.54) is 30.0 Å². The van der Waals surface area contributed by atoms with E-state index < -0.39 is 12.0 Å². The van der Waals surface area contributed by atoms with Crippen molar-refractivity contribution < 1.29 is 14.7 Å². The summed E-state index contributed by atoms with van der Waals surface area (Å²) in [5, 5.41) is 11.7. The predicted octanol–water partition coefficient (Wildman–Crippen LogP) is 0.715. The number of carbonyl (C=O) groups excluding carboxylic acids is 1. The Balaban J connectivity index is 2.60. The summed E-state index contributed by atoms with van der Waals surface area (Å²) in [7, 11) is 0. The molecule has 0 saturated carbocycles. The smallest absolute Gasteiger partial charge is 0.327 e. The van der Waals surface area contributed by atoms with Gasteiger partial charge in [0.2, 0.25) is 5.91 Å². The molecular formula is C9H13N3O3S2. The number of carboxylic acid groups (broad SMARTS) is 1. The summed E-state index contributed by atoms with van der Waals surface area (Å²) >= 11 is 2.64. The molecule has 1 rings (SSSR count). The van der Waals surface area contributed by atoms with Crippen LogP contribution in [0.4, 0.5) is 5.13 Å².